The van der Waals surface area contributed by atoms with Crippen LogP contribution in [0.1, 0.15) is 38.3 Å². The van der Waals surface area contributed by atoms with Crippen LogP contribution >= 0.6 is 0 Å². The first kappa shape index (κ1) is 11.7. The number of nitrogens with one attached hydrogen (secondary N) is 1. The van der Waals surface area contributed by atoms with E-state index >= 15 is 0 Å². The maximum absolute atomic E-state index is 5.83. The highest BCUT2D eigenvalue weighted by Crippen LogP contribution is 2.29. The van der Waals surface area contributed by atoms with Crippen molar-refractivity contribution in [2.75, 3.05) is 17.2 Å². The predicted molar refractivity (Wildman–Crippen MR) is 72.3 cm³/mol. The monoisotopic (exact) mass is 247 g/mol. The Morgan fingerprint density at radius 1 is 1.44 bits per heavy atom. The quantitative estimate of drug-likeness (QED) is 0.839. The van der Waals surface area contributed by atoms with Crippen molar-refractivity contribution < 1.29 is 0 Å². The molecule has 2 atom stereocenters. The molecule has 5 nitrogen and oxygen atoms in total. The highest BCUT2D eigenvalue weighted by atomic mass is 15.4. The van der Waals surface area contributed by atoms with Crippen LogP contribution in [0.2, 0.25) is 0 Å². The van der Waals surface area contributed by atoms with Crippen LogP contribution in [0.15, 0.2) is 6.07 Å². The lowest BCUT2D eigenvalue weighted by atomic mass is 10.1. The van der Waals surface area contributed by atoms with Gasteiger partial charge in [0.05, 0.1) is 6.17 Å². The second kappa shape index (κ2) is 4.72. The van der Waals surface area contributed by atoms with Crippen LogP contribution in [0.5, 0.6) is 0 Å². The molecule has 2 unspecified atom stereocenters. The Morgan fingerprint density at radius 3 is 3.00 bits per heavy atom. The van der Waals surface area contributed by atoms with E-state index in [4.69, 9.17) is 5.73 Å². The number of rotatable bonds is 4. The second-order valence-electron chi connectivity index (χ2n) is 5.29. The summed E-state index contributed by atoms with van der Waals surface area (Å²) in [4.78, 5) is 11.1. The van der Waals surface area contributed by atoms with E-state index in [9.17, 15) is 0 Å². The Labute approximate surface area is 108 Å². The Kier molecular flexibility index (Phi) is 3.07. The largest absolute Gasteiger partial charge is 0.368 e. The first-order chi connectivity index (χ1) is 8.76. The summed E-state index contributed by atoms with van der Waals surface area (Å²) in [7, 11) is 0. The number of anilines is 2. The SMILES string of the molecule is CCCCc1cc(N2CC3CCC2N3)nc(N)n1. The van der Waals surface area contributed by atoms with Gasteiger partial charge in [0, 0.05) is 24.3 Å². The van der Waals surface area contributed by atoms with Crippen LogP contribution in [0, 0.1) is 0 Å². The minimum absolute atomic E-state index is 0.404. The third-order valence-corrected chi connectivity index (χ3v) is 3.87. The average Bonchev–Trinajstić information content (AvgIpc) is 2.98. The molecule has 2 saturated heterocycles. The van der Waals surface area contributed by atoms with Gasteiger partial charge in [0.1, 0.15) is 5.82 Å². The fourth-order valence-corrected chi connectivity index (χ4v) is 2.94. The number of hydrogen-bond donors (Lipinski definition) is 2. The van der Waals surface area contributed by atoms with E-state index in [1.54, 1.807) is 0 Å². The summed E-state index contributed by atoms with van der Waals surface area (Å²) in [5.74, 6) is 1.40. The number of nitrogen functional groups attached to an aromatic ring is 1. The summed E-state index contributed by atoms with van der Waals surface area (Å²) in [5, 5.41) is 3.58. The molecule has 98 valence electrons. The molecule has 3 heterocycles. The van der Waals surface area contributed by atoms with Gasteiger partial charge in [0.15, 0.2) is 0 Å². The first-order valence-electron chi connectivity index (χ1n) is 6.92. The van der Waals surface area contributed by atoms with Crippen molar-refractivity contribution in [3.63, 3.8) is 0 Å². The molecule has 0 aromatic carbocycles. The predicted octanol–water partition coefficient (Wildman–Crippen LogP) is 1.30. The molecule has 18 heavy (non-hydrogen) atoms. The van der Waals surface area contributed by atoms with Gasteiger partial charge < -0.3 is 10.6 Å². The van der Waals surface area contributed by atoms with E-state index in [0.29, 0.717) is 18.2 Å². The minimum Gasteiger partial charge on any atom is -0.368 e. The summed E-state index contributed by atoms with van der Waals surface area (Å²) in [6, 6.07) is 2.74. The van der Waals surface area contributed by atoms with Crippen LogP contribution in [-0.2, 0) is 6.42 Å². The van der Waals surface area contributed by atoms with Gasteiger partial charge in [-0.1, -0.05) is 13.3 Å². The van der Waals surface area contributed by atoms with Crippen molar-refractivity contribution in [3.8, 4) is 0 Å². The summed E-state index contributed by atoms with van der Waals surface area (Å²) in [6.45, 7) is 3.24. The van der Waals surface area contributed by atoms with E-state index in [-0.39, 0.29) is 0 Å². The number of hydrogen-bond acceptors (Lipinski definition) is 5. The summed E-state index contributed by atoms with van der Waals surface area (Å²) in [5.41, 5.74) is 6.90. The normalized spacial score (nSPS) is 25.9. The highest BCUT2D eigenvalue weighted by molar-refractivity contribution is 5.46. The zero-order valence-corrected chi connectivity index (χ0v) is 10.9. The maximum Gasteiger partial charge on any atom is 0.222 e. The standard InChI is InChI=1S/C13H21N5/c1-2-3-4-9-7-12(17-13(14)16-9)18-8-10-5-6-11(18)15-10/h7,10-11,15H,2-6,8H2,1H3,(H2,14,16,17). The van der Waals surface area contributed by atoms with Crippen molar-refractivity contribution in [3.05, 3.63) is 11.8 Å². The zero-order chi connectivity index (χ0) is 12.5. The van der Waals surface area contributed by atoms with Crippen molar-refractivity contribution in [2.45, 2.75) is 51.2 Å². The third-order valence-electron chi connectivity index (χ3n) is 3.87. The lowest BCUT2D eigenvalue weighted by molar-refractivity contribution is 0.600. The van der Waals surface area contributed by atoms with Crippen molar-refractivity contribution in [1.29, 1.82) is 0 Å². The molecule has 2 aliphatic heterocycles. The van der Waals surface area contributed by atoms with Crippen molar-refractivity contribution >= 4 is 11.8 Å². The summed E-state index contributed by atoms with van der Waals surface area (Å²) >= 11 is 0. The Bertz CT molecular complexity index is 433. The number of nitrogens with two attached hydrogens (primary N) is 1. The molecule has 0 saturated carbocycles. The topological polar surface area (TPSA) is 67.1 Å². The second-order valence-corrected chi connectivity index (χ2v) is 5.29. The molecule has 3 rings (SSSR count). The molecule has 0 aliphatic carbocycles. The number of aryl methyl sites for hydroxylation is 1. The molecular weight excluding hydrogens is 226 g/mol. The van der Waals surface area contributed by atoms with Crippen LogP contribution in [0.25, 0.3) is 0 Å². The summed E-state index contributed by atoms with van der Waals surface area (Å²) < 4.78 is 0. The van der Waals surface area contributed by atoms with Gasteiger partial charge >= 0.3 is 0 Å². The number of nitrogens with zero attached hydrogens (tertiary/aromatic N) is 3. The number of aromatic nitrogens is 2. The lowest BCUT2D eigenvalue weighted by Crippen LogP contribution is -2.35. The van der Waals surface area contributed by atoms with Gasteiger partial charge in [-0.2, -0.15) is 4.98 Å². The number of unbranched alkanes of at least 4 members (excludes halogenated alkanes) is 1. The molecule has 2 aliphatic rings. The van der Waals surface area contributed by atoms with Crippen LogP contribution in [-0.4, -0.2) is 28.7 Å². The Morgan fingerprint density at radius 2 is 2.33 bits per heavy atom. The summed E-state index contributed by atoms with van der Waals surface area (Å²) in [6.07, 6.45) is 6.26. The molecule has 2 fully saturated rings. The Hall–Kier alpha value is -1.36. The molecular formula is C13H21N5. The smallest absolute Gasteiger partial charge is 0.222 e. The molecule has 0 amide bonds. The first-order valence-corrected chi connectivity index (χ1v) is 6.92. The molecule has 1 aromatic heterocycles. The van der Waals surface area contributed by atoms with E-state index < -0.39 is 0 Å². The third kappa shape index (κ3) is 2.14. The van der Waals surface area contributed by atoms with Gasteiger partial charge in [0.25, 0.3) is 0 Å². The molecule has 2 bridgehead atoms. The van der Waals surface area contributed by atoms with E-state index in [0.717, 1.165) is 30.9 Å². The maximum atomic E-state index is 5.83. The van der Waals surface area contributed by atoms with E-state index in [1.807, 2.05) is 0 Å². The fourth-order valence-electron chi connectivity index (χ4n) is 2.94. The molecule has 1 aromatic rings. The van der Waals surface area contributed by atoms with Crippen LogP contribution in [0.3, 0.4) is 0 Å². The molecule has 0 spiro atoms. The number of fused-ring (bicyclic) bond motifs is 2. The molecule has 3 N–H and O–H groups in total. The number of piperidine rings is 1. The van der Waals surface area contributed by atoms with Gasteiger partial charge in [-0.15, -0.1) is 0 Å². The van der Waals surface area contributed by atoms with Crippen LogP contribution < -0.4 is 16.0 Å². The van der Waals surface area contributed by atoms with Gasteiger partial charge in [-0.25, -0.2) is 4.98 Å². The van der Waals surface area contributed by atoms with Gasteiger partial charge in [-0.05, 0) is 25.7 Å². The van der Waals surface area contributed by atoms with E-state index in [1.165, 1.54) is 19.3 Å². The molecule has 5 heteroatoms. The van der Waals surface area contributed by atoms with Crippen molar-refractivity contribution in [1.82, 2.24) is 15.3 Å². The fraction of sp³-hybridized carbons (Fsp3) is 0.692. The molecule has 0 radical (unpaired) electrons. The average molecular weight is 247 g/mol. The lowest BCUT2D eigenvalue weighted by Gasteiger charge is -2.26. The Balaban J connectivity index is 1.81. The highest BCUT2D eigenvalue weighted by Gasteiger charge is 2.37. The zero-order valence-electron chi connectivity index (χ0n) is 10.9. The minimum atomic E-state index is 0.404. The van der Waals surface area contributed by atoms with Crippen molar-refractivity contribution in [2.24, 2.45) is 0 Å². The van der Waals surface area contributed by atoms with Gasteiger partial charge in [0.2, 0.25) is 5.95 Å². The van der Waals surface area contributed by atoms with E-state index in [2.05, 4.69) is 33.2 Å². The van der Waals surface area contributed by atoms with Crippen LogP contribution in [0.4, 0.5) is 11.8 Å². The van der Waals surface area contributed by atoms with Gasteiger partial charge in [-0.3, -0.25) is 5.32 Å².